The highest BCUT2D eigenvalue weighted by Gasteiger charge is 2.22. The van der Waals surface area contributed by atoms with Gasteiger partial charge in [0.05, 0.1) is 10.9 Å². The highest BCUT2D eigenvalue weighted by Crippen LogP contribution is 2.22. The summed E-state index contributed by atoms with van der Waals surface area (Å²) in [6.07, 6.45) is 3.63. The summed E-state index contributed by atoms with van der Waals surface area (Å²) < 4.78 is 39.9. The van der Waals surface area contributed by atoms with E-state index in [2.05, 4.69) is 14.9 Å². The summed E-state index contributed by atoms with van der Waals surface area (Å²) in [5, 5.41) is 2.71. The van der Waals surface area contributed by atoms with E-state index in [1.54, 1.807) is 0 Å². The number of nitrogens with zero attached hydrogens (tertiary/aromatic N) is 1. The number of sulfonamides is 1. The molecule has 0 radical (unpaired) electrons. The Morgan fingerprint density at radius 2 is 1.61 bits per heavy atom. The summed E-state index contributed by atoms with van der Waals surface area (Å²) in [6.45, 7) is 3.53. The van der Waals surface area contributed by atoms with Gasteiger partial charge in [0.15, 0.2) is 0 Å². The van der Waals surface area contributed by atoms with Crippen molar-refractivity contribution in [2.45, 2.75) is 37.1 Å². The fourth-order valence-electron chi connectivity index (χ4n) is 3.13. The molecule has 1 unspecified atom stereocenters. The molecule has 0 bridgehead atoms. The standard InChI is InChI=1S/C20H24FN3O3S/c1-15(23-28(26,27)19-11-5-16(21)6-12-19)20(25)22-17-7-9-18(10-8-17)24-13-3-2-4-14-24/h5-12,15,23H,2-4,13-14H2,1H3,(H,22,25). The van der Waals surface area contributed by atoms with E-state index in [4.69, 9.17) is 0 Å². The Kier molecular flexibility index (Phi) is 6.31. The fraction of sp³-hybridized carbons (Fsp3) is 0.350. The van der Waals surface area contributed by atoms with E-state index in [0.29, 0.717) is 5.69 Å². The van der Waals surface area contributed by atoms with E-state index in [9.17, 15) is 17.6 Å². The van der Waals surface area contributed by atoms with Crippen LogP contribution in [0, 0.1) is 5.82 Å². The van der Waals surface area contributed by atoms with Crippen molar-refractivity contribution in [1.29, 1.82) is 0 Å². The lowest BCUT2D eigenvalue weighted by Gasteiger charge is -2.28. The molecular formula is C20H24FN3O3S. The molecule has 8 heteroatoms. The SMILES string of the molecule is CC(NS(=O)(=O)c1ccc(F)cc1)C(=O)Nc1ccc(N2CCCCC2)cc1. The van der Waals surface area contributed by atoms with Gasteiger partial charge in [0.2, 0.25) is 15.9 Å². The molecule has 150 valence electrons. The van der Waals surface area contributed by atoms with E-state index in [1.807, 2.05) is 24.3 Å². The molecule has 1 aliphatic heterocycles. The molecule has 2 N–H and O–H groups in total. The number of rotatable bonds is 6. The van der Waals surface area contributed by atoms with Crippen molar-refractivity contribution in [2.24, 2.45) is 0 Å². The lowest BCUT2D eigenvalue weighted by atomic mass is 10.1. The van der Waals surface area contributed by atoms with Gasteiger partial charge in [0.25, 0.3) is 0 Å². The number of anilines is 2. The number of piperidine rings is 1. The van der Waals surface area contributed by atoms with Gasteiger partial charge in [-0.05, 0) is 74.7 Å². The second-order valence-electron chi connectivity index (χ2n) is 6.88. The Morgan fingerprint density at radius 3 is 2.21 bits per heavy atom. The zero-order valence-corrected chi connectivity index (χ0v) is 16.5. The lowest BCUT2D eigenvalue weighted by Crippen LogP contribution is -2.41. The smallest absolute Gasteiger partial charge is 0.242 e. The molecule has 1 heterocycles. The molecule has 0 aromatic heterocycles. The average Bonchev–Trinajstić information content (AvgIpc) is 2.69. The maximum atomic E-state index is 13.0. The first-order chi connectivity index (χ1) is 13.3. The largest absolute Gasteiger partial charge is 0.372 e. The van der Waals surface area contributed by atoms with Crippen LogP contribution in [0.15, 0.2) is 53.4 Å². The summed E-state index contributed by atoms with van der Waals surface area (Å²) in [6, 6.07) is 11.0. The Hall–Kier alpha value is -2.45. The third kappa shape index (κ3) is 5.08. The van der Waals surface area contributed by atoms with Gasteiger partial charge in [-0.25, -0.2) is 12.8 Å². The molecule has 0 aliphatic carbocycles. The van der Waals surface area contributed by atoms with E-state index in [-0.39, 0.29) is 4.90 Å². The van der Waals surface area contributed by atoms with E-state index < -0.39 is 27.8 Å². The number of halogens is 1. The van der Waals surface area contributed by atoms with Crippen LogP contribution in [0.5, 0.6) is 0 Å². The first kappa shape index (κ1) is 20.3. The predicted octanol–water partition coefficient (Wildman–Crippen LogP) is 3.12. The zero-order valence-electron chi connectivity index (χ0n) is 15.7. The highest BCUT2D eigenvalue weighted by atomic mass is 32.2. The van der Waals surface area contributed by atoms with Crippen LogP contribution in [0.4, 0.5) is 15.8 Å². The summed E-state index contributed by atoms with van der Waals surface area (Å²) in [7, 11) is -3.92. The molecular weight excluding hydrogens is 381 g/mol. The van der Waals surface area contributed by atoms with Crippen LogP contribution in [-0.2, 0) is 14.8 Å². The minimum absolute atomic E-state index is 0.0977. The normalized spacial score (nSPS) is 15.9. The Bertz CT molecular complexity index is 909. The number of nitrogens with one attached hydrogen (secondary N) is 2. The van der Waals surface area contributed by atoms with Crippen LogP contribution < -0.4 is 14.9 Å². The van der Waals surface area contributed by atoms with Crippen LogP contribution in [0.3, 0.4) is 0 Å². The molecule has 2 aromatic rings. The first-order valence-electron chi connectivity index (χ1n) is 9.29. The van der Waals surface area contributed by atoms with Crippen LogP contribution >= 0.6 is 0 Å². The number of hydrogen-bond donors (Lipinski definition) is 2. The molecule has 2 aromatic carbocycles. The predicted molar refractivity (Wildman–Crippen MR) is 107 cm³/mol. The second-order valence-corrected chi connectivity index (χ2v) is 8.59. The number of carbonyl (C=O) groups is 1. The summed E-state index contributed by atoms with van der Waals surface area (Å²) in [4.78, 5) is 14.6. The van der Waals surface area contributed by atoms with Gasteiger partial charge in [0.1, 0.15) is 5.82 Å². The summed E-state index contributed by atoms with van der Waals surface area (Å²) in [5.41, 5.74) is 1.71. The van der Waals surface area contributed by atoms with E-state index >= 15 is 0 Å². The topological polar surface area (TPSA) is 78.5 Å². The van der Waals surface area contributed by atoms with Crippen molar-refractivity contribution >= 4 is 27.3 Å². The molecule has 1 aliphatic rings. The quantitative estimate of drug-likeness (QED) is 0.774. The number of amides is 1. The third-order valence-corrected chi connectivity index (χ3v) is 6.26. The number of benzene rings is 2. The molecule has 28 heavy (non-hydrogen) atoms. The first-order valence-corrected chi connectivity index (χ1v) is 10.8. The van der Waals surface area contributed by atoms with Gasteiger partial charge in [0, 0.05) is 24.5 Å². The van der Waals surface area contributed by atoms with Crippen molar-refractivity contribution in [2.75, 3.05) is 23.3 Å². The minimum atomic E-state index is -3.92. The van der Waals surface area contributed by atoms with Crippen molar-refractivity contribution in [3.8, 4) is 0 Å². The molecule has 1 atom stereocenters. The van der Waals surface area contributed by atoms with Crippen molar-refractivity contribution in [3.63, 3.8) is 0 Å². The van der Waals surface area contributed by atoms with Gasteiger partial charge in [-0.15, -0.1) is 0 Å². The summed E-state index contributed by atoms with van der Waals surface area (Å²) in [5.74, 6) is -1.01. The van der Waals surface area contributed by atoms with Crippen molar-refractivity contribution < 1.29 is 17.6 Å². The molecule has 0 spiro atoms. The lowest BCUT2D eigenvalue weighted by molar-refractivity contribution is -0.117. The van der Waals surface area contributed by atoms with Gasteiger partial charge < -0.3 is 10.2 Å². The van der Waals surface area contributed by atoms with E-state index in [1.165, 1.54) is 26.2 Å². The van der Waals surface area contributed by atoms with Gasteiger partial charge >= 0.3 is 0 Å². The maximum absolute atomic E-state index is 13.0. The Morgan fingerprint density at radius 1 is 1.00 bits per heavy atom. The Labute approximate surface area is 164 Å². The maximum Gasteiger partial charge on any atom is 0.242 e. The molecule has 3 rings (SSSR count). The van der Waals surface area contributed by atoms with Crippen LogP contribution in [0.2, 0.25) is 0 Å². The molecule has 6 nitrogen and oxygen atoms in total. The van der Waals surface area contributed by atoms with E-state index in [0.717, 1.165) is 43.0 Å². The van der Waals surface area contributed by atoms with Crippen LogP contribution in [0.1, 0.15) is 26.2 Å². The van der Waals surface area contributed by atoms with Crippen molar-refractivity contribution in [3.05, 3.63) is 54.3 Å². The molecule has 0 saturated carbocycles. The fourth-order valence-corrected chi connectivity index (χ4v) is 4.33. The highest BCUT2D eigenvalue weighted by molar-refractivity contribution is 7.89. The number of hydrogen-bond acceptors (Lipinski definition) is 4. The molecule has 1 amide bonds. The minimum Gasteiger partial charge on any atom is -0.372 e. The van der Waals surface area contributed by atoms with Gasteiger partial charge in [-0.3, -0.25) is 4.79 Å². The molecule has 1 fully saturated rings. The van der Waals surface area contributed by atoms with Gasteiger partial charge in [-0.2, -0.15) is 4.72 Å². The third-order valence-electron chi connectivity index (χ3n) is 4.71. The molecule has 1 saturated heterocycles. The Balaban J connectivity index is 1.59. The summed E-state index contributed by atoms with van der Waals surface area (Å²) >= 11 is 0. The van der Waals surface area contributed by atoms with Crippen LogP contribution in [0.25, 0.3) is 0 Å². The average molecular weight is 405 g/mol. The second kappa shape index (κ2) is 8.70. The zero-order chi connectivity index (χ0) is 20.1. The van der Waals surface area contributed by atoms with Crippen LogP contribution in [-0.4, -0.2) is 33.5 Å². The monoisotopic (exact) mass is 405 g/mol. The number of carbonyl (C=O) groups excluding carboxylic acids is 1. The van der Waals surface area contributed by atoms with Crippen molar-refractivity contribution in [1.82, 2.24) is 4.72 Å². The van der Waals surface area contributed by atoms with Gasteiger partial charge in [-0.1, -0.05) is 0 Å².